The van der Waals surface area contributed by atoms with Gasteiger partial charge in [0.1, 0.15) is 11.8 Å². The second-order valence-electron chi connectivity index (χ2n) is 7.97. The van der Waals surface area contributed by atoms with Gasteiger partial charge in [-0.25, -0.2) is 13.3 Å². The van der Waals surface area contributed by atoms with E-state index in [0.717, 1.165) is 9.21 Å². The number of nitrogens with zero attached hydrogens (tertiary/aromatic N) is 2. The monoisotopic (exact) mass is 546 g/mol. The molecule has 1 aliphatic heterocycles. The molecular weight excluding hydrogens is 527 g/mol. The normalized spacial score (nSPS) is 16.0. The van der Waals surface area contributed by atoms with Gasteiger partial charge in [-0.3, -0.25) is 14.4 Å². The topological polar surface area (TPSA) is 101 Å². The number of carbonyl (C=O) groups is 3. The number of ether oxygens (including phenoxy) is 1. The van der Waals surface area contributed by atoms with E-state index < -0.39 is 33.8 Å². The maximum atomic E-state index is 13.7. The summed E-state index contributed by atoms with van der Waals surface area (Å²) in [4.78, 5) is 38.4. The van der Waals surface area contributed by atoms with Gasteiger partial charge in [0.15, 0.2) is 0 Å². The highest BCUT2D eigenvalue weighted by Crippen LogP contribution is 2.32. The van der Waals surface area contributed by atoms with Crippen LogP contribution in [0, 0.1) is 0 Å². The van der Waals surface area contributed by atoms with E-state index in [1.54, 1.807) is 24.3 Å². The summed E-state index contributed by atoms with van der Waals surface area (Å²) in [6.07, 6.45) is -0.359. The molecule has 11 heteroatoms. The lowest BCUT2D eigenvalue weighted by molar-refractivity contribution is -0.132. The SMILES string of the molecule is CC(=O)Oc1ccc(N2C(=O)CC(N(Cc3ccccc3Cl)S(=O)(=O)c3ccc(Cl)cc3)C2=O)cc1. The number of benzene rings is 3. The molecule has 36 heavy (non-hydrogen) atoms. The molecule has 0 spiro atoms. The highest BCUT2D eigenvalue weighted by Gasteiger charge is 2.47. The van der Waals surface area contributed by atoms with Crippen LogP contribution >= 0.6 is 23.2 Å². The van der Waals surface area contributed by atoms with Crippen molar-refractivity contribution in [2.45, 2.75) is 30.8 Å². The van der Waals surface area contributed by atoms with Gasteiger partial charge in [-0.1, -0.05) is 41.4 Å². The Morgan fingerprint density at radius 2 is 1.64 bits per heavy atom. The van der Waals surface area contributed by atoms with Crippen LogP contribution in [0.2, 0.25) is 10.0 Å². The molecule has 0 radical (unpaired) electrons. The van der Waals surface area contributed by atoms with Crippen molar-refractivity contribution >= 4 is 56.7 Å². The lowest BCUT2D eigenvalue weighted by atomic mass is 10.2. The number of esters is 1. The number of carbonyl (C=O) groups excluding carboxylic acids is 3. The van der Waals surface area contributed by atoms with E-state index in [-0.39, 0.29) is 29.3 Å². The summed E-state index contributed by atoms with van der Waals surface area (Å²) in [5, 5.41) is 0.672. The molecule has 4 rings (SSSR count). The summed E-state index contributed by atoms with van der Waals surface area (Å²) in [5.74, 6) is -1.54. The molecule has 8 nitrogen and oxygen atoms in total. The molecule has 1 atom stereocenters. The third kappa shape index (κ3) is 5.29. The fourth-order valence-electron chi connectivity index (χ4n) is 3.84. The number of sulfonamides is 1. The number of amides is 2. The first-order valence-electron chi connectivity index (χ1n) is 10.7. The first kappa shape index (κ1) is 25.8. The van der Waals surface area contributed by atoms with Crippen molar-refractivity contribution in [2.75, 3.05) is 4.90 Å². The van der Waals surface area contributed by atoms with E-state index in [0.29, 0.717) is 15.6 Å². The average molecular weight is 547 g/mol. The van der Waals surface area contributed by atoms with Crippen molar-refractivity contribution in [3.05, 3.63) is 88.4 Å². The fourth-order valence-corrected chi connectivity index (χ4v) is 5.72. The van der Waals surface area contributed by atoms with E-state index in [9.17, 15) is 22.8 Å². The number of imide groups is 1. The molecule has 0 aromatic heterocycles. The second-order valence-corrected chi connectivity index (χ2v) is 10.7. The summed E-state index contributed by atoms with van der Waals surface area (Å²) in [5.41, 5.74) is 0.700. The number of hydrogen-bond acceptors (Lipinski definition) is 6. The van der Waals surface area contributed by atoms with Crippen LogP contribution in [-0.4, -0.2) is 36.5 Å². The van der Waals surface area contributed by atoms with Gasteiger partial charge in [-0.15, -0.1) is 0 Å². The van der Waals surface area contributed by atoms with Crippen LogP contribution in [0.4, 0.5) is 5.69 Å². The first-order chi connectivity index (χ1) is 17.1. The zero-order valence-electron chi connectivity index (χ0n) is 18.9. The van der Waals surface area contributed by atoms with Crippen molar-refractivity contribution in [3.8, 4) is 5.75 Å². The lowest BCUT2D eigenvalue weighted by Gasteiger charge is -2.27. The van der Waals surface area contributed by atoms with Gasteiger partial charge in [0.25, 0.3) is 5.91 Å². The minimum absolute atomic E-state index is 0.0802. The Labute approximate surface area is 218 Å². The number of rotatable bonds is 7. The van der Waals surface area contributed by atoms with E-state index in [2.05, 4.69) is 0 Å². The average Bonchev–Trinajstić information content (AvgIpc) is 3.12. The minimum atomic E-state index is -4.24. The Hall–Kier alpha value is -3.24. The zero-order chi connectivity index (χ0) is 26.0. The summed E-state index contributed by atoms with van der Waals surface area (Å²) < 4.78 is 33.4. The third-order valence-corrected chi connectivity index (χ3v) is 8.02. The second kappa shape index (κ2) is 10.4. The van der Waals surface area contributed by atoms with Crippen molar-refractivity contribution in [1.29, 1.82) is 0 Å². The highest BCUT2D eigenvalue weighted by atomic mass is 35.5. The van der Waals surface area contributed by atoms with Crippen molar-refractivity contribution in [3.63, 3.8) is 0 Å². The first-order valence-corrected chi connectivity index (χ1v) is 12.9. The zero-order valence-corrected chi connectivity index (χ0v) is 21.3. The predicted molar refractivity (Wildman–Crippen MR) is 134 cm³/mol. The molecular formula is C25H20Cl2N2O6S. The Kier molecular flexibility index (Phi) is 7.46. The van der Waals surface area contributed by atoms with E-state index in [1.807, 2.05) is 0 Å². The Bertz CT molecular complexity index is 1430. The van der Waals surface area contributed by atoms with Gasteiger partial charge in [0.05, 0.1) is 17.0 Å². The highest BCUT2D eigenvalue weighted by molar-refractivity contribution is 7.89. The molecule has 2 amide bonds. The molecule has 0 N–H and O–H groups in total. The molecule has 1 unspecified atom stereocenters. The van der Waals surface area contributed by atoms with Crippen molar-refractivity contribution in [1.82, 2.24) is 4.31 Å². The smallest absolute Gasteiger partial charge is 0.308 e. The number of anilines is 1. The lowest BCUT2D eigenvalue weighted by Crippen LogP contribution is -2.45. The van der Waals surface area contributed by atoms with Crippen molar-refractivity contribution in [2.24, 2.45) is 0 Å². The maximum Gasteiger partial charge on any atom is 0.308 e. The van der Waals surface area contributed by atoms with Crippen LogP contribution in [0.1, 0.15) is 18.9 Å². The predicted octanol–water partition coefficient (Wildman–Crippen LogP) is 4.44. The molecule has 1 fully saturated rings. The molecule has 3 aromatic rings. The molecule has 186 valence electrons. The minimum Gasteiger partial charge on any atom is -0.427 e. The summed E-state index contributed by atoms with van der Waals surface area (Å²) >= 11 is 12.2. The van der Waals surface area contributed by atoms with Crippen molar-refractivity contribution < 1.29 is 27.5 Å². The van der Waals surface area contributed by atoms with E-state index >= 15 is 0 Å². The molecule has 0 aliphatic carbocycles. The Morgan fingerprint density at radius 1 is 1.00 bits per heavy atom. The van der Waals surface area contributed by atoms with E-state index in [4.69, 9.17) is 27.9 Å². The van der Waals surface area contributed by atoms with Gasteiger partial charge in [0, 0.05) is 23.5 Å². The Morgan fingerprint density at radius 3 is 2.25 bits per heavy atom. The summed E-state index contributed by atoms with van der Waals surface area (Å²) in [7, 11) is -4.24. The van der Waals surface area contributed by atoms with Crippen LogP contribution in [0.3, 0.4) is 0 Å². The quantitative estimate of drug-likeness (QED) is 0.246. The number of halogens is 2. The molecule has 1 aliphatic rings. The van der Waals surface area contributed by atoms with E-state index in [1.165, 1.54) is 55.5 Å². The molecule has 1 saturated heterocycles. The van der Waals surface area contributed by atoms with Gasteiger partial charge in [-0.2, -0.15) is 4.31 Å². The van der Waals surface area contributed by atoms with Gasteiger partial charge >= 0.3 is 5.97 Å². The van der Waals surface area contributed by atoms with Crippen LogP contribution in [-0.2, 0) is 31.0 Å². The number of hydrogen-bond donors (Lipinski definition) is 0. The van der Waals surface area contributed by atoms with Crippen LogP contribution in [0.5, 0.6) is 5.75 Å². The largest absolute Gasteiger partial charge is 0.427 e. The fraction of sp³-hybridized carbons (Fsp3) is 0.160. The third-order valence-electron chi connectivity index (χ3n) is 5.53. The molecule has 0 bridgehead atoms. The molecule has 0 saturated carbocycles. The van der Waals surface area contributed by atoms with Gasteiger partial charge < -0.3 is 4.74 Å². The van der Waals surface area contributed by atoms with Gasteiger partial charge in [0.2, 0.25) is 15.9 Å². The molecule has 3 aromatic carbocycles. The molecule has 1 heterocycles. The summed E-state index contributed by atoms with van der Waals surface area (Å²) in [6.45, 7) is 1.02. The maximum absolute atomic E-state index is 13.7. The van der Waals surface area contributed by atoms with Crippen LogP contribution in [0.25, 0.3) is 0 Å². The van der Waals surface area contributed by atoms with Gasteiger partial charge in [-0.05, 0) is 60.2 Å². The van der Waals surface area contributed by atoms with Crippen LogP contribution < -0.4 is 9.64 Å². The summed E-state index contributed by atoms with van der Waals surface area (Å²) in [6, 6.07) is 16.7. The standard InChI is InChI=1S/C25H20Cl2N2O6S/c1-16(30)35-20-10-8-19(9-11-20)29-24(31)14-23(25(29)32)28(15-17-4-2-3-5-22(17)27)36(33,34)21-12-6-18(26)7-13-21/h2-13,23H,14-15H2,1H3. The Balaban J connectivity index is 1.71. The van der Waals surface area contributed by atoms with Crippen LogP contribution in [0.15, 0.2) is 77.7 Å².